The van der Waals surface area contributed by atoms with Gasteiger partial charge in [0.15, 0.2) is 10.9 Å². The van der Waals surface area contributed by atoms with Crippen LogP contribution in [-0.4, -0.2) is 32.9 Å². The largest absolute Gasteiger partial charge is 0.494 e. The number of hydrogen-bond acceptors (Lipinski definition) is 6. The van der Waals surface area contributed by atoms with Gasteiger partial charge in [-0.25, -0.2) is 0 Å². The molecule has 2 aromatic carbocycles. The number of aromatic amines is 1. The fraction of sp³-hybridized carbons (Fsp3) is 0.200. The number of anilines is 1. The van der Waals surface area contributed by atoms with E-state index in [1.807, 2.05) is 25.1 Å². The topological polar surface area (TPSA) is 97.0 Å². The van der Waals surface area contributed by atoms with E-state index in [0.29, 0.717) is 23.0 Å². The molecule has 1 atom stereocenters. The van der Waals surface area contributed by atoms with Gasteiger partial charge >= 0.3 is 0 Å². The lowest BCUT2D eigenvalue weighted by atomic mass is 10.2. The maximum absolute atomic E-state index is 12.4. The molecule has 8 heteroatoms. The van der Waals surface area contributed by atoms with Crippen LogP contribution in [0.4, 0.5) is 5.69 Å². The monoisotopic (exact) mass is 396 g/mol. The van der Waals surface area contributed by atoms with Gasteiger partial charge in [-0.1, -0.05) is 42.1 Å². The van der Waals surface area contributed by atoms with Crippen molar-refractivity contribution in [2.24, 2.45) is 0 Å². The summed E-state index contributed by atoms with van der Waals surface area (Å²) in [6.45, 7) is 4.23. The van der Waals surface area contributed by atoms with Crippen LogP contribution in [-0.2, 0) is 4.79 Å². The van der Waals surface area contributed by atoms with Gasteiger partial charge in [0.05, 0.1) is 11.9 Å². The van der Waals surface area contributed by atoms with Gasteiger partial charge in [0.2, 0.25) is 5.91 Å². The van der Waals surface area contributed by atoms with E-state index in [-0.39, 0.29) is 17.2 Å². The van der Waals surface area contributed by atoms with Crippen LogP contribution in [0.15, 0.2) is 64.5 Å². The number of thioether (sulfide) groups is 1. The zero-order chi connectivity index (χ0) is 19.9. The van der Waals surface area contributed by atoms with Crippen molar-refractivity contribution in [3.63, 3.8) is 0 Å². The summed E-state index contributed by atoms with van der Waals surface area (Å²) >= 11 is 1.13. The first-order valence-corrected chi connectivity index (χ1v) is 9.67. The van der Waals surface area contributed by atoms with E-state index in [0.717, 1.165) is 17.5 Å². The van der Waals surface area contributed by atoms with Crippen LogP contribution in [0.1, 0.15) is 13.8 Å². The molecule has 7 nitrogen and oxygen atoms in total. The van der Waals surface area contributed by atoms with Gasteiger partial charge in [-0.2, -0.15) is 0 Å². The van der Waals surface area contributed by atoms with E-state index in [1.54, 1.807) is 43.3 Å². The average Bonchev–Trinajstić information content (AvgIpc) is 2.70. The van der Waals surface area contributed by atoms with Crippen LogP contribution in [0.5, 0.6) is 5.75 Å². The fourth-order valence-corrected chi connectivity index (χ4v) is 3.17. The first-order valence-electron chi connectivity index (χ1n) is 8.79. The van der Waals surface area contributed by atoms with Crippen molar-refractivity contribution in [1.29, 1.82) is 0 Å². The maximum Gasteiger partial charge on any atom is 0.278 e. The van der Waals surface area contributed by atoms with E-state index in [9.17, 15) is 9.59 Å². The summed E-state index contributed by atoms with van der Waals surface area (Å²) in [5, 5.41) is 10.7. The minimum atomic E-state index is -0.473. The Hall–Kier alpha value is -3.13. The molecule has 0 saturated carbocycles. The molecule has 1 amide bonds. The summed E-state index contributed by atoms with van der Waals surface area (Å²) in [6.07, 6.45) is 0. The van der Waals surface area contributed by atoms with Gasteiger partial charge in [-0.3, -0.25) is 14.6 Å². The second-order valence-electron chi connectivity index (χ2n) is 5.88. The lowest BCUT2D eigenvalue weighted by Gasteiger charge is -2.12. The Kier molecular flexibility index (Phi) is 6.44. The van der Waals surface area contributed by atoms with E-state index >= 15 is 0 Å². The third-order valence-corrected chi connectivity index (χ3v) is 4.79. The Morgan fingerprint density at radius 1 is 1.14 bits per heavy atom. The number of amides is 1. The van der Waals surface area contributed by atoms with Gasteiger partial charge in [0.1, 0.15) is 5.75 Å². The Morgan fingerprint density at radius 3 is 2.50 bits per heavy atom. The molecule has 0 radical (unpaired) electrons. The third-order valence-electron chi connectivity index (χ3n) is 3.81. The molecule has 1 unspecified atom stereocenters. The van der Waals surface area contributed by atoms with Crippen LogP contribution in [0.3, 0.4) is 0 Å². The molecule has 2 N–H and O–H groups in total. The van der Waals surface area contributed by atoms with Gasteiger partial charge < -0.3 is 10.1 Å². The van der Waals surface area contributed by atoms with Gasteiger partial charge in [0, 0.05) is 11.3 Å². The summed E-state index contributed by atoms with van der Waals surface area (Å²) in [6, 6.07) is 16.2. The second-order valence-corrected chi connectivity index (χ2v) is 7.21. The van der Waals surface area contributed by atoms with E-state index < -0.39 is 5.25 Å². The highest BCUT2D eigenvalue weighted by molar-refractivity contribution is 8.00. The molecule has 0 aliphatic heterocycles. The molecule has 28 heavy (non-hydrogen) atoms. The average molecular weight is 396 g/mol. The van der Waals surface area contributed by atoms with Crippen molar-refractivity contribution < 1.29 is 9.53 Å². The lowest BCUT2D eigenvalue weighted by molar-refractivity contribution is -0.115. The van der Waals surface area contributed by atoms with E-state index in [2.05, 4.69) is 20.5 Å². The molecule has 3 aromatic rings. The zero-order valence-corrected chi connectivity index (χ0v) is 16.3. The Bertz CT molecular complexity index is 990. The predicted molar refractivity (Wildman–Crippen MR) is 110 cm³/mol. The first-order chi connectivity index (χ1) is 13.6. The van der Waals surface area contributed by atoms with Gasteiger partial charge in [-0.15, -0.1) is 10.2 Å². The van der Waals surface area contributed by atoms with Crippen LogP contribution >= 0.6 is 11.8 Å². The highest BCUT2D eigenvalue weighted by Gasteiger charge is 2.17. The number of rotatable bonds is 7. The smallest absolute Gasteiger partial charge is 0.278 e. The highest BCUT2D eigenvalue weighted by Crippen LogP contribution is 2.21. The molecule has 1 aromatic heterocycles. The zero-order valence-electron chi connectivity index (χ0n) is 15.5. The minimum absolute atomic E-state index is 0.205. The summed E-state index contributed by atoms with van der Waals surface area (Å²) in [5.74, 6) is 0.540. The number of hydrogen-bond donors (Lipinski definition) is 2. The molecule has 1 heterocycles. The molecular formula is C20H20N4O3S. The number of aromatic nitrogens is 3. The number of nitrogens with one attached hydrogen (secondary N) is 2. The van der Waals surface area contributed by atoms with Crippen molar-refractivity contribution >= 4 is 23.4 Å². The number of nitrogens with zero attached hydrogens (tertiary/aromatic N) is 2. The fourth-order valence-electron chi connectivity index (χ4n) is 2.43. The summed E-state index contributed by atoms with van der Waals surface area (Å²) < 4.78 is 5.38. The highest BCUT2D eigenvalue weighted by atomic mass is 32.2. The van der Waals surface area contributed by atoms with Crippen LogP contribution in [0.2, 0.25) is 0 Å². The minimum Gasteiger partial charge on any atom is -0.494 e. The van der Waals surface area contributed by atoms with E-state index in [4.69, 9.17) is 4.74 Å². The SMILES string of the molecule is CCOc1ccc(NC(=O)C(C)Sc2nnc(-c3ccccc3)c(=O)[nH]2)cc1. The molecule has 0 fully saturated rings. The lowest BCUT2D eigenvalue weighted by Crippen LogP contribution is -2.23. The number of H-pyrrole nitrogens is 1. The van der Waals surface area contributed by atoms with Crippen molar-refractivity contribution in [3.05, 3.63) is 65.0 Å². The normalized spacial score (nSPS) is 11.6. The number of benzene rings is 2. The molecule has 3 rings (SSSR count). The maximum atomic E-state index is 12.4. The molecule has 0 saturated heterocycles. The Balaban J connectivity index is 1.63. The van der Waals surface area contributed by atoms with Crippen LogP contribution in [0, 0.1) is 0 Å². The number of carbonyl (C=O) groups is 1. The molecule has 0 bridgehead atoms. The van der Waals surface area contributed by atoms with Crippen LogP contribution < -0.4 is 15.6 Å². The molecule has 0 aliphatic rings. The van der Waals surface area contributed by atoms with E-state index in [1.165, 1.54) is 0 Å². The number of ether oxygens (including phenoxy) is 1. The van der Waals surface area contributed by atoms with Crippen molar-refractivity contribution in [2.45, 2.75) is 24.3 Å². The van der Waals surface area contributed by atoms with Crippen molar-refractivity contribution in [2.75, 3.05) is 11.9 Å². The first kappa shape index (κ1) is 19.6. The predicted octanol–water partition coefficient (Wildman–Crippen LogP) is 3.35. The van der Waals surface area contributed by atoms with Gasteiger partial charge in [-0.05, 0) is 38.1 Å². The second kappa shape index (κ2) is 9.18. The molecule has 0 aliphatic carbocycles. The molecular weight excluding hydrogens is 376 g/mol. The number of carbonyl (C=O) groups excluding carboxylic acids is 1. The van der Waals surface area contributed by atoms with Crippen LogP contribution in [0.25, 0.3) is 11.3 Å². The standard InChI is InChI=1S/C20H20N4O3S/c1-3-27-16-11-9-15(10-12-16)21-18(25)13(2)28-20-22-19(26)17(23-24-20)14-7-5-4-6-8-14/h4-13H,3H2,1-2H3,(H,21,25)(H,22,24,26). The molecule has 0 spiro atoms. The summed E-state index contributed by atoms with van der Waals surface area (Å²) in [7, 11) is 0. The van der Waals surface area contributed by atoms with Gasteiger partial charge in [0.25, 0.3) is 5.56 Å². The van der Waals surface area contributed by atoms with Crippen molar-refractivity contribution in [3.8, 4) is 17.0 Å². The third kappa shape index (κ3) is 4.98. The summed E-state index contributed by atoms with van der Waals surface area (Å²) in [5.41, 5.74) is 1.26. The van der Waals surface area contributed by atoms with Crippen molar-refractivity contribution in [1.82, 2.24) is 15.2 Å². The Labute approximate surface area is 166 Å². The summed E-state index contributed by atoms with van der Waals surface area (Å²) in [4.78, 5) is 27.4. The quantitative estimate of drug-likeness (QED) is 0.595. The molecule has 144 valence electrons. The Morgan fingerprint density at radius 2 is 1.86 bits per heavy atom.